The first-order chi connectivity index (χ1) is 10.2. The average Bonchev–Trinajstić information content (AvgIpc) is 2.93. The van der Waals surface area contributed by atoms with Crippen molar-refractivity contribution in [3.8, 4) is 0 Å². The predicted molar refractivity (Wildman–Crippen MR) is 82.0 cm³/mol. The van der Waals surface area contributed by atoms with Gasteiger partial charge in [-0.05, 0) is 49.1 Å². The molecule has 4 heteroatoms. The van der Waals surface area contributed by atoms with Crippen molar-refractivity contribution in [2.75, 3.05) is 6.54 Å². The highest BCUT2D eigenvalue weighted by Gasteiger charge is 2.42. The predicted octanol–water partition coefficient (Wildman–Crippen LogP) is 3.03. The maximum absolute atomic E-state index is 12.8. The maximum Gasteiger partial charge on any atom is 0.226 e. The van der Waals surface area contributed by atoms with Crippen LogP contribution in [0.4, 0.5) is 0 Å². The van der Waals surface area contributed by atoms with Crippen molar-refractivity contribution in [2.24, 2.45) is 17.8 Å². The van der Waals surface area contributed by atoms with E-state index >= 15 is 0 Å². The molecule has 0 N–H and O–H groups in total. The molecule has 3 aliphatic rings. The molecule has 0 saturated heterocycles. The Balaban J connectivity index is 1.47. The lowest BCUT2D eigenvalue weighted by atomic mass is 9.67. The zero-order valence-corrected chi connectivity index (χ0v) is 13.0. The molecule has 0 spiro atoms. The molecule has 4 rings (SSSR count). The summed E-state index contributed by atoms with van der Waals surface area (Å²) in [6, 6.07) is 2.15. The molecular weight excluding hydrogens is 282 g/mol. The lowest BCUT2D eigenvalue weighted by Crippen LogP contribution is -2.45. The highest BCUT2D eigenvalue weighted by molar-refractivity contribution is 7.10. The number of rotatable bonds is 1. The first kappa shape index (κ1) is 13.5. The summed E-state index contributed by atoms with van der Waals surface area (Å²) < 4.78 is 0. The van der Waals surface area contributed by atoms with Crippen LogP contribution in [0, 0.1) is 17.8 Å². The van der Waals surface area contributed by atoms with E-state index in [-0.39, 0.29) is 17.8 Å². The van der Waals surface area contributed by atoms with Gasteiger partial charge in [0.2, 0.25) is 5.91 Å². The Bertz CT molecular complexity index is 563. The summed E-state index contributed by atoms with van der Waals surface area (Å²) >= 11 is 1.81. The van der Waals surface area contributed by atoms with Gasteiger partial charge in [-0.25, -0.2) is 0 Å². The molecule has 21 heavy (non-hydrogen) atoms. The molecule has 2 bridgehead atoms. The number of amides is 1. The molecule has 2 aliphatic carbocycles. The van der Waals surface area contributed by atoms with E-state index in [4.69, 9.17) is 0 Å². The van der Waals surface area contributed by atoms with Crippen LogP contribution >= 0.6 is 11.3 Å². The van der Waals surface area contributed by atoms with Crippen LogP contribution < -0.4 is 0 Å². The summed E-state index contributed by atoms with van der Waals surface area (Å²) in [5.74, 6) is 1.19. The molecule has 0 radical (unpaired) electrons. The van der Waals surface area contributed by atoms with Crippen molar-refractivity contribution in [2.45, 2.75) is 45.1 Å². The number of hydrogen-bond donors (Lipinski definition) is 0. The Morgan fingerprint density at radius 2 is 2.00 bits per heavy atom. The zero-order chi connectivity index (χ0) is 14.4. The summed E-state index contributed by atoms with van der Waals surface area (Å²) in [4.78, 5) is 28.5. The van der Waals surface area contributed by atoms with E-state index in [9.17, 15) is 9.59 Å². The third-order valence-electron chi connectivity index (χ3n) is 5.52. The second-order valence-corrected chi connectivity index (χ2v) is 7.77. The van der Waals surface area contributed by atoms with Crippen LogP contribution in [0.15, 0.2) is 11.4 Å². The number of fused-ring (bicyclic) bond motifs is 3. The van der Waals surface area contributed by atoms with Gasteiger partial charge in [-0.15, -0.1) is 11.3 Å². The van der Waals surface area contributed by atoms with E-state index in [1.807, 2.05) is 4.90 Å². The lowest BCUT2D eigenvalue weighted by Gasteiger charge is -2.39. The van der Waals surface area contributed by atoms with E-state index in [2.05, 4.69) is 11.4 Å². The van der Waals surface area contributed by atoms with Gasteiger partial charge in [0, 0.05) is 35.7 Å². The van der Waals surface area contributed by atoms with Crippen molar-refractivity contribution in [1.82, 2.24) is 4.90 Å². The zero-order valence-electron chi connectivity index (χ0n) is 12.2. The lowest BCUT2D eigenvalue weighted by molar-refractivity contribution is -0.143. The number of carbonyl (C=O) groups excluding carboxylic acids is 2. The van der Waals surface area contributed by atoms with Gasteiger partial charge in [0.25, 0.3) is 0 Å². The summed E-state index contributed by atoms with van der Waals surface area (Å²) in [6.07, 6.45) is 5.80. The van der Waals surface area contributed by atoms with Gasteiger partial charge < -0.3 is 4.90 Å². The van der Waals surface area contributed by atoms with Crippen molar-refractivity contribution in [3.63, 3.8) is 0 Å². The molecule has 1 aromatic heterocycles. The molecule has 1 aliphatic heterocycles. The third-order valence-corrected chi connectivity index (χ3v) is 6.54. The van der Waals surface area contributed by atoms with Crippen molar-refractivity contribution < 1.29 is 9.59 Å². The molecule has 2 saturated carbocycles. The molecule has 0 unspecified atom stereocenters. The van der Waals surface area contributed by atoms with Gasteiger partial charge in [0.15, 0.2) is 0 Å². The minimum Gasteiger partial charge on any atom is -0.338 e. The van der Waals surface area contributed by atoms with Crippen molar-refractivity contribution in [3.05, 3.63) is 21.9 Å². The minimum atomic E-state index is 0.0955. The second-order valence-electron chi connectivity index (χ2n) is 6.77. The fraction of sp³-hybridized carbons (Fsp3) is 0.647. The molecular formula is C17H21NO2S. The monoisotopic (exact) mass is 303 g/mol. The number of nitrogens with zero attached hydrogens (tertiary/aromatic N) is 1. The Labute approximate surface area is 129 Å². The van der Waals surface area contributed by atoms with Crippen LogP contribution in [0.25, 0.3) is 0 Å². The number of ketones is 1. The Morgan fingerprint density at radius 3 is 2.76 bits per heavy atom. The molecule has 1 aromatic rings. The number of Topliss-reactive ketones (excluding diaryl/α,β-unsaturated/α-hetero) is 1. The van der Waals surface area contributed by atoms with Gasteiger partial charge in [0.1, 0.15) is 5.78 Å². The molecule has 1 amide bonds. The van der Waals surface area contributed by atoms with Gasteiger partial charge >= 0.3 is 0 Å². The first-order valence-corrected chi connectivity index (χ1v) is 8.98. The Morgan fingerprint density at radius 1 is 1.24 bits per heavy atom. The van der Waals surface area contributed by atoms with E-state index in [1.165, 1.54) is 16.9 Å². The van der Waals surface area contributed by atoms with Crippen LogP contribution in [0.5, 0.6) is 0 Å². The second kappa shape index (κ2) is 5.24. The first-order valence-electron chi connectivity index (χ1n) is 8.10. The summed E-state index contributed by atoms with van der Waals surface area (Å²) in [6.45, 7) is 1.63. The van der Waals surface area contributed by atoms with E-state index in [0.29, 0.717) is 11.7 Å². The van der Waals surface area contributed by atoms with Crippen LogP contribution in [0.2, 0.25) is 0 Å². The van der Waals surface area contributed by atoms with Gasteiger partial charge in [-0.2, -0.15) is 0 Å². The molecule has 0 aromatic carbocycles. The fourth-order valence-electron chi connectivity index (χ4n) is 4.38. The van der Waals surface area contributed by atoms with Gasteiger partial charge in [-0.3, -0.25) is 9.59 Å². The molecule has 112 valence electrons. The van der Waals surface area contributed by atoms with Crippen LogP contribution in [0.1, 0.15) is 42.5 Å². The molecule has 3 nitrogen and oxygen atoms in total. The van der Waals surface area contributed by atoms with E-state index in [0.717, 1.165) is 45.2 Å². The Kier molecular flexibility index (Phi) is 3.37. The van der Waals surface area contributed by atoms with E-state index < -0.39 is 0 Å². The van der Waals surface area contributed by atoms with Crippen LogP contribution in [-0.4, -0.2) is 23.1 Å². The average molecular weight is 303 g/mol. The standard InChI is InChI=1S/C17H21NO2S/c19-16-11-2-1-3-12(16)9-14(8-11)17(20)18-6-4-15-13(10-18)5-7-21-15/h5,7,11-12,14H,1-4,6,8-10H2/t11-,12-/m0/s1. The maximum atomic E-state index is 12.8. The fourth-order valence-corrected chi connectivity index (χ4v) is 5.27. The number of thiophene rings is 1. The summed E-state index contributed by atoms with van der Waals surface area (Å²) in [5, 5.41) is 2.13. The van der Waals surface area contributed by atoms with Gasteiger partial charge in [0.05, 0.1) is 0 Å². The number of hydrogen-bond acceptors (Lipinski definition) is 3. The molecule has 2 atom stereocenters. The smallest absolute Gasteiger partial charge is 0.226 e. The van der Waals surface area contributed by atoms with Crippen molar-refractivity contribution >= 4 is 23.0 Å². The van der Waals surface area contributed by atoms with Crippen LogP contribution in [-0.2, 0) is 22.6 Å². The highest BCUT2D eigenvalue weighted by Crippen LogP contribution is 2.41. The van der Waals surface area contributed by atoms with Crippen molar-refractivity contribution in [1.29, 1.82) is 0 Å². The largest absolute Gasteiger partial charge is 0.338 e. The van der Waals surface area contributed by atoms with E-state index in [1.54, 1.807) is 11.3 Å². The molecule has 2 fully saturated rings. The quantitative estimate of drug-likeness (QED) is 0.799. The summed E-state index contributed by atoms with van der Waals surface area (Å²) in [7, 11) is 0. The van der Waals surface area contributed by atoms with Crippen LogP contribution in [0.3, 0.4) is 0 Å². The third kappa shape index (κ3) is 2.33. The minimum absolute atomic E-state index is 0.0955. The Hall–Kier alpha value is -1.16. The summed E-state index contributed by atoms with van der Waals surface area (Å²) in [5.41, 5.74) is 1.33. The SMILES string of the molecule is O=C1[C@H]2CCC[C@H]1CC(C(=O)N1CCc3sccc3C1)C2. The van der Waals surface area contributed by atoms with Gasteiger partial charge in [-0.1, -0.05) is 6.42 Å². The highest BCUT2D eigenvalue weighted by atomic mass is 32.1. The topological polar surface area (TPSA) is 37.4 Å². The number of carbonyl (C=O) groups is 2. The molecule has 2 heterocycles. The normalized spacial score (nSPS) is 31.9.